The van der Waals surface area contributed by atoms with Crippen molar-refractivity contribution in [3.8, 4) is 0 Å². The fourth-order valence-corrected chi connectivity index (χ4v) is 1.79. The summed E-state index contributed by atoms with van der Waals surface area (Å²) in [4.78, 5) is 36.2. The fourth-order valence-electron chi connectivity index (χ4n) is 1.79. The number of rotatable bonds is 3. The van der Waals surface area contributed by atoms with Gasteiger partial charge in [0.2, 0.25) is 5.56 Å². The van der Waals surface area contributed by atoms with Crippen molar-refractivity contribution in [3.63, 3.8) is 0 Å². The molecule has 0 aliphatic heterocycles. The van der Waals surface area contributed by atoms with Crippen LogP contribution >= 0.6 is 0 Å². The first kappa shape index (κ1) is 11.4. The molecule has 0 aromatic carbocycles. The number of amides is 1. The first-order valence-electron chi connectivity index (χ1n) is 5.29. The van der Waals surface area contributed by atoms with Gasteiger partial charge < -0.3 is 15.4 Å². The van der Waals surface area contributed by atoms with Gasteiger partial charge in [-0.3, -0.25) is 9.59 Å². The molecule has 17 heavy (non-hydrogen) atoms. The Kier molecular flexibility index (Phi) is 2.71. The maximum absolute atomic E-state index is 11.8. The Bertz CT molecular complexity index is 516. The number of carboxylic acid groups (broad SMARTS) is 1. The molecule has 3 N–H and O–H groups in total. The van der Waals surface area contributed by atoms with Crippen LogP contribution in [0.25, 0.3) is 0 Å². The van der Waals surface area contributed by atoms with Gasteiger partial charge in [-0.1, -0.05) is 6.07 Å². The molecule has 1 aliphatic carbocycles. The molecule has 2 rings (SSSR count). The molecule has 1 saturated carbocycles. The van der Waals surface area contributed by atoms with Crippen LogP contribution in [-0.4, -0.2) is 27.5 Å². The normalized spacial score (nSPS) is 16.9. The number of H-pyrrole nitrogens is 1. The Balaban J connectivity index is 2.17. The van der Waals surface area contributed by atoms with Gasteiger partial charge >= 0.3 is 5.97 Å². The largest absolute Gasteiger partial charge is 0.480 e. The van der Waals surface area contributed by atoms with Gasteiger partial charge in [0.15, 0.2) is 0 Å². The number of hydrogen-bond donors (Lipinski definition) is 3. The lowest BCUT2D eigenvalue weighted by atomic mass is 9.76. The van der Waals surface area contributed by atoms with Gasteiger partial charge in [-0.25, -0.2) is 4.79 Å². The molecule has 0 bridgehead atoms. The Morgan fingerprint density at radius 2 is 2.06 bits per heavy atom. The highest BCUT2D eigenvalue weighted by Crippen LogP contribution is 2.32. The Morgan fingerprint density at radius 1 is 1.35 bits per heavy atom. The van der Waals surface area contributed by atoms with Crippen molar-refractivity contribution in [1.29, 1.82) is 0 Å². The molecule has 0 spiro atoms. The molecule has 0 radical (unpaired) electrons. The standard InChI is InChI=1S/C11H12N2O4/c14-8-4-1-3-7(12-8)9(15)13-11(10(16)17)5-2-6-11/h1,3-4H,2,5-6H2,(H,12,14)(H,13,15)(H,16,17). The maximum atomic E-state index is 11.8. The van der Waals surface area contributed by atoms with Crippen molar-refractivity contribution < 1.29 is 14.7 Å². The van der Waals surface area contributed by atoms with E-state index in [1.54, 1.807) is 0 Å². The molecule has 0 unspecified atom stereocenters. The van der Waals surface area contributed by atoms with Crippen LogP contribution in [0.15, 0.2) is 23.0 Å². The number of aliphatic carboxylic acids is 1. The molecule has 1 aromatic heterocycles. The average Bonchev–Trinajstić information content (AvgIpc) is 2.22. The smallest absolute Gasteiger partial charge is 0.329 e. The van der Waals surface area contributed by atoms with E-state index in [-0.39, 0.29) is 5.69 Å². The SMILES string of the molecule is O=C(NC1(C(=O)O)CCC1)c1cccc(=O)[nH]1. The summed E-state index contributed by atoms with van der Waals surface area (Å²) in [6, 6.07) is 4.17. The van der Waals surface area contributed by atoms with E-state index in [4.69, 9.17) is 5.11 Å². The van der Waals surface area contributed by atoms with Gasteiger partial charge in [-0.15, -0.1) is 0 Å². The molecular formula is C11H12N2O4. The summed E-state index contributed by atoms with van der Waals surface area (Å²) in [5, 5.41) is 11.5. The highest BCUT2D eigenvalue weighted by Gasteiger charge is 2.45. The number of carboxylic acids is 1. The van der Waals surface area contributed by atoms with E-state index in [9.17, 15) is 14.4 Å². The third-order valence-electron chi connectivity index (χ3n) is 2.98. The summed E-state index contributed by atoms with van der Waals surface area (Å²) in [7, 11) is 0. The molecular weight excluding hydrogens is 224 g/mol. The van der Waals surface area contributed by atoms with Crippen molar-refractivity contribution in [3.05, 3.63) is 34.2 Å². The quantitative estimate of drug-likeness (QED) is 0.693. The van der Waals surface area contributed by atoms with Crippen LogP contribution in [0, 0.1) is 0 Å². The van der Waals surface area contributed by atoms with Crippen LogP contribution < -0.4 is 10.9 Å². The van der Waals surface area contributed by atoms with Crippen LogP contribution in [0.3, 0.4) is 0 Å². The summed E-state index contributed by atoms with van der Waals surface area (Å²) in [6.45, 7) is 0. The van der Waals surface area contributed by atoms with E-state index in [1.165, 1.54) is 18.2 Å². The summed E-state index contributed by atoms with van der Waals surface area (Å²) in [6.07, 6.45) is 1.62. The third-order valence-corrected chi connectivity index (χ3v) is 2.98. The van der Waals surface area contributed by atoms with Gasteiger partial charge in [0.05, 0.1) is 0 Å². The molecule has 1 fully saturated rings. The van der Waals surface area contributed by atoms with Gasteiger partial charge in [-0.2, -0.15) is 0 Å². The number of carbonyl (C=O) groups is 2. The van der Waals surface area contributed by atoms with E-state index < -0.39 is 23.0 Å². The lowest BCUT2D eigenvalue weighted by Gasteiger charge is -2.38. The number of aromatic nitrogens is 1. The molecule has 0 saturated heterocycles. The van der Waals surface area contributed by atoms with E-state index in [2.05, 4.69) is 10.3 Å². The molecule has 1 heterocycles. The highest BCUT2D eigenvalue weighted by atomic mass is 16.4. The van der Waals surface area contributed by atoms with Gasteiger partial charge in [0.1, 0.15) is 11.2 Å². The number of hydrogen-bond acceptors (Lipinski definition) is 3. The van der Waals surface area contributed by atoms with E-state index >= 15 is 0 Å². The average molecular weight is 236 g/mol. The fraction of sp³-hybridized carbons (Fsp3) is 0.364. The molecule has 0 atom stereocenters. The maximum Gasteiger partial charge on any atom is 0.329 e. The molecule has 6 nitrogen and oxygen atoms in total. The topological polar surface area (TPSA) is 99.3 Å². The number of carbonyl (C=O) groups excluding carboxylic acids is 1. The van der Waals surface area contributed by atoms with Crippen LogP contribution in [0.4, 0.5) is 0 Å². The van der Waals surface area contributed by atoms with Crippen molar-refractivity contribution in [1.82, 2.24) is 10.3 Å². The molecule has 6 heteroatoms. The lowest BCUT2D eigenvalue weighted by molar-refractivity contribution is -0.148. The number of aromatic amines is 1. The Labute approximate surface area is 96.7 Å². The summed E-state index contributed by atoms with van der Waals surface area (Å²) < 4.78 is 0. The predicted octanol–water partition coefficient (Wildman–Crippen LogP) is 0.112. The highest BCUT2D eigenvalue weighted by molar-refractivity contribution is 5.96. The lowest BCUT2D eigenvalue weighted by Crippen LogP contribution is -2.59. The monoisotopic (exact) mass is 236 g/mol. The zero-order chi connectivity index (χ0) is 12.5. The minimum Gasteiger partial charge on any atom is -0.480 e. The molecule has 1 amide bonds. The Hall–Kier alpha value is -2.11. The second kappa shape index (κ2) is 4.04. The predicted molar refractivity (Wildman–Crippen MR) is 58.7 cm³/mol. The van der Waals surface area contributed by atoms with Crippen LogP contribution in [0.5, 0.6) is 0 Å². The molecule has 90 valence electrons. The van der Waals surface area contributed by atoms with Crippen molar-refractivity contribution in [2.24, 2.45) is 0 Å². The van der Waals surface area contributed by atoms with Crippen LogP contribution in [0.2, 0.25) is 0 Å². The van der Waals surface area contributed by atoms with Crippen LogP contribution in [-0.2, 0) is 4.79 Å². The summed E-state index contributed by atoms with van der Waals surface area (Å²) in [5.74, 6) is -1.60. The minimum atomic E-state index is -1.16. The summed E-state index contributed by atoms with van der Waals surface area (Å²) in [5.41, 5.74) is -1.48. The zero-order valence-electron chi connectivity index (χ0n) is 9.03. The zero-order valence-corrected chi connectivity index (χ0v) is 9.03. The van der Waals surface area contributed by atoms with Crippen molar-refractivity contribution >= 4 is 11.9 Å². The minimum absolute atomic E-state index is 0.0741. The van der Waals surface area contributed by atoms with E-state index in [1.807, 2.05) is 0 Å². The summed E-state index contributed by atoms with van der Waals surface area (Å²) >= 11 is 0. The van der Waals surface area contributed by atoms with Gasteiger partial charge in [0, 0.05) is 6.07 Å². The van der Waals surface area contributed by atoms with Gasteiger partial charge in [-0.05, 0) is 25.3 Å². The first-order valence-corrected chi connectivity index (χ1v) is 5.29. The third kappa shape index (κ3) is 2.06. The Morgan fingerprint density at radius 3 is 2.53 bits per heavy atom. The first-order chi connectivity index (χ1) is 8.03. The second-order valence-electron chi connectivity index (χ2n) is 4.12. The second-order valence-corrected chi connectivity index (χ2v) is 4.12. The van der Waals surface area contributed by atoms with Crippen molar-refractivity contribution in [2.75, 3.05) is 0 Å². The van der Waals surface area contributed by atoms with Gasteiger partial charge in [0.25, 0.3) is 5.91 Å². The number of nitrogens with one attached hydrogen (secondary N) is 2. The van der Waals surface area contributed by atoms with Crippen LogP contribution in [0.1, 0.15) is 29.8 Å². The number of pyridine rings is 1. The molecule has 1 aliphatic rings. The van der Waals surface area contributed by atoms with E-state index in [0.717, 1.165) is 6.42 Å². The van der Waals surface area contributed by atoms with E-state index in [0.29, 0.717) is 12.8 Å². The van der Waals surface area contributed by atoms with Crippen molar-refractivity contribution in [2.45, 2.75) is 24.8 Å². The molecule has 1 aromatic rings.